The molecule has 0 saturated heterocycles. The van der Waals surface area contributed by atoms with E-state index in [-0.39, 0.29) is 5.02 Å². The number of carbonyl (C=O) groups excluding carboxylic acids is 1. The fourth-order valence-electron chi connectivity index (χ4n) is 1.64. The molecule has 4 nitrogen and oxygen atoms in total. The minimum absolute atomic E-state index is 0.0635. The third-order valence-electron chi connectivity index (χ3n) is 2.63. The lowest BCUT2D eigenvalue weighted by atomic mass is 10.2. The topological polar surface area (TPSA) is 54.0 Å². The molecule has 2 aromatic rings. The molecule has 0 aliphatic heterocycles. The van der Waals surface area contributed by atoms with Crippen LogP contribution in [-0.4, -0.2) is 17.4 Å². The van der Waals surface area contributed by atoms with Crippen LogP contribution in [0.1, 0.15) is 17.3 Å². The van der Waals surface area contributed by atoms with Crippen molar-refractivity contribution in [2.45, 2.75) is 6.92 Å². The molecular weight excluding hydrogens is 316 g/mol. The van der Waals surface area contributed by atoms with Crippen LogP contribution in [0, 0.1) is 5.82 Å². The first-order valence-electron chi connectivity index (χ1n) is 6.17. The van der Waals surface area contributed by atoms with Gasteiger partial charge in [0.15, 0.2) is 0 Å². The molecule has 0 unspecified atom stereocenters. The second kappa shape index (κ2) is 6.74. The molecule has 0 saturated carbocycles. The number of carbonyl (C=O) groups is 1. The van der Waals surface area contributed by atoms with Crippen LogP contribution in [0.15, 0.2) is 30.5 Å². The molecule has 0 atom stereocenters. The van der Waals surface area contributed by atoms with Crippen LogP contribution in [-0.2, 0) is 0 Å². The van der Waals surface area contributed by atoms with Gasteiger partial charge in [0.1, 0.15) is 11.6 Å². The van der Waals surface area contributed by atoms with Crippen LogP contribution in [0.3, 0.4) is 0 Å². The van der Waals surface area contributed by atoms with E-state index in [4.69, 9.17) is 23.2 Å². The molecule has 1 aromatic heterocycles. The van der Waals surface area contributed by atoms with E-state index in [0.717, 1.165) is 0 Å². The number of amides is 1. The summed E-state index contributed by atoms with van der Waals surface area (Å²) in [6.07, 6.45) is 1.41. The predicted molar refractivity (Wildman–Crippen MR) is 82.8 cm³/mol. The van der Waals surface area contributed by atoms with Gasteiger partial charge in [-0.1, -0.05) is 23.2 Å². The van der Waals surface area contributed by atoms with E-state index in [1.54, 1.807) is 0 Å². The summed E-state index contributed by atoms with van der Waals surface area (Å²) >= 11 is 11.7. The normalized spacial score (nSPS) is 10.3. The van der Waals surface area contributed by atoms with Gasteiger partial charge in [-0.15, -0.1) is 0 Å². The Kier molecular flexibility index (Phi) is 4.98. The maximum Gasteiger partial charge on any atom is 0.257 e. The van der Waals surface area contributed by atoms with Gasteiger partial charge < -0.3 is 10.6 Å². The number of halogens is 3. The molecule has 0 bridgehead atoms. The van der Waals surface area contributed by atoms with Gasteiger partial charge in [-0.2, -0.15) is 0 Å². The van der Waals surface area contributed by atoms with Crippen molar-refractivity contribution in [2.24, 2.45) is 0 Å². The quantitative estimate of drug-likeness (QED) is 0.884. The van der Waals surface area contributed by atoms with Crippen LogP contribution in [0.4, 0.5) is 15.9 Å². The maximum absolute atomic E-state index is 13.0. The number of rotatable bonds is 4. The number of anilines is 2. The number of pyridine rings is 1. The van der Waals surface area contributed by atoms with Gasteiger partial charge in [-0.25, -0.2) is 9.37 Å². The number of hydrogen-bond donors (Lipinski definition) is 2. The summed E-state index contributed by atoms with van der Waals surface area (Å²) in [5.41, 5.74) is 0.681. The highest BCUT2D eigenvalue weighted by Crippen LogP contribution is 2.22. The Hall–Kier alpha value is -1.85. The van der Waals surface area contributed by atoms with Gasteiger partial charge >= 0.3 is 0 Å². The average molecular weight is 328 g/mol. The second-order valence-electron chi connectivity index (χ2n) is 4.17. The van der Waals surface area contributed by atoms with Crippen molar-refractivity contribution < 1.29 is 9.18 Å². The van der Waals surface area contributed by atoms with Gasteiger partial charge in [-0.3, -0.25) is 4.79 Å². The van der Waals surface area contributed by atoms with Crippen molar-refractivity contribution in [3.63, 3.8) is 0 Å². The van der Waals surface area contributed by atoms with Gasteiger partial charge in [0.2, 0.25) is 0 Å². The third kappa shape index (κ3) is 3.83. The fraction of sp³-hybridized carbons (Fsp3) is 0.143. The summed E-state index contributed by atoms with van der Waals surface area (Å²) in [5, 5.41) is 5.85. The van der Waals surface area contributed by atoms with Gasteiger partial charge in [0, 0.05) is 18.4 Å². The monoisotopic (exact) mass is 327 g/mol. The van der Waals surface area contributed by atoms with Crippen molar-refractivity contribution in [3.8, 4) is 0 Å². The molecule has 2 rings (SSSR count). The molecule has 1 aromatic carbocycles. The molecule has 21 heavy (non-hydrogen) atoms. The van der Waals surface area contributed by atoms with Crippen molar-refractivity contribution in [3.05, 3.63) is 51.9 Å². The number of benzene rings is 1. The van der Waals surface area contributed by atoms with Crippen LogP contribution in [0.2, 0.25) is 10.0 Å². The third-order valence-corrected chi connectivity index (χ3v) is 3.20. The Labute approximate surface area is 131 Å². The largest absolute Gasteiger partial charge is 0.369 e. The number of nitrogens with one attached hydrogen (secondary N) is 2. The first-order chi connectivity index (χ1) is 10.0. The van der Waals surface area contributed by atoms with E-state index >= 15 is 0 Å². The first-order valence-corrected chi connectivity index (χ1v) is 6.92. The van der Waals surface area contributed by atoms with Crippen LogP contribution >= 0.6 is 23.2 Å². The zero-order valence-corrected chi connectivity index (χ0v) is 12.6. The molecule has 7 heteroatoms. The summed E-state index contributed by atoms with van der Waals surface area (Å²) in [5.74, 6) is -0.440. The van der Waals surface area contributed by atoms with Crippen molar-refractivity contribution in [2.75, 3.05) is 17.2 Å². The highest BCUT2D eigenvalue weighted by Gasteiger charge is 2.11. The molecule has 0 fully saturated rings. The van der Waals surface area contributed by atoms with Crippen molar-refractivity contribution in [1.82, 2.24) is 4.98 Å². The van der Waals surface area contributed by atoms with E-state index in [9.17, 15) is 9.18 Å². The number of nitrogens with zero attached hydrogens (tertiary/aromatic N) is 1. The lowest BCUT2D eigenvalue weighted by molar-refractivity contribution is 0.102. The molecule has 1 amide bonds. The van der Waals surface area contributed by atoms with Crippen LogP contribution < -0.4 is 10.6 Å². The van der Waals surface area contributed by atoms with Gasteiger partial charge in [0.05, 0.1) is 15.6 Å². The molecule has 0 spiro atoms. The zero-order chi connectivity index (χ0) is 15.4. The Balaban J connectivity index is 2.16. The number of aromatic nitrogens is 1. The Morgan fingerprint density at radius 3 is 2.67 bits per heavy atom. The SMILES string of the molecule is CCNc1ncc(C(=O)Nc2ccc(F)c(Cl)c2)cc1Cl. The Bertz CT molecular complexity index is 679. The molecule has 1 heterocycles. The smallest absolute Gasteiger partial charge is 0.257 e. The Morgan fingerprint density at radius 1 is 1.29 bits per heavy atom. The zero-order valence-electron chi connectivity index (χ0n) is 11.1. The van der Waals surface area contributed by atoms with Crippen LogP contribution in [0.25, 0.3) is 0 Å². The van der Waals surface area contributed by atoms with Gasteiger partial charge in [0.25, 0.3) is 5.91 Å². The minimum Gasteiger partial charge on any atom is -0.369 e. The van der Waals surface area contributed by atoms with Crippen molar-refractivity contribution >= 4 is 40.6 Å². The maximum atomic E-state index is 13.0. The van der Waals surface area contributed by atoms with Crippen molar-refractivity contribution in [1.29, 1.82) is 0 Å². The lowest BCUT2D eigenvalue weighted by Crippen LogP contribution is -2.13. The molecule has 0 radical (unpaired) electrons. The van der Waals surface area contributed by atoms with E-state index < -0.39 is 11.7 Å². The van der Waals surface area contributed by atoms with E-state index in [2.05, 4.69) is 15.6 Å². The highest BCUT2D eigenvalue weighted by molar-refractivity contribution is 6.33. The predicted octanol–water partition coefficient (Wildman–Crippen LogP) is 4.21. The lowest BCUT2D eigenvalue weighted by Gasteiger charge is -2.08. The van der Waals surface area contributed by atoms with Crippen LogP contribution in [0.5, 0.6) is 0 Å². The Morgan fingerprint density at radius 2 is 2.05 bits per heavy atom. The van der Waals surface area contributed by atoms with E-state index in [0.29, 0.717) is 28.6 Å². The minimum atomic E-state index is -0.547. The molecular formula is C14H12Cl2FN3O. The second-order valence-corrected chi connectivity index (χ2v) is 4.98. The van der Waals surface area contributed by atoms with Gasteiger partial charge in [-0.05, 0) is 31.2 Å². The summed E-state index contributed by atoms with van der Waals surface area (Å²) < 4.78 is 13.0. The molecule has 0 aliphatic rings. The summed E-state index contributed by atoms with van der Waals surface area (Å²) in [6, 6.07) is 5.43. The summed E-state index contributed by atoms with van der Waals surface area (Å²) in [7, 11) is 0. The highest BCUT2D eigenvalue weighted by atomic mass is 35.5. The fourth-order valence-corrected chi connectivity index (χ4v) is 2.05. The molecule has 2 N–H and O–H groups in total. The van der Waals surface area contributed by atoms with E-state index in [1.807, 2.05) is 6.92 Å². The molecule has 110 valence electrons. The molecule has 0 aliphatic carbocycles. The summed E-state index contributed by atoms with van der Waals surface area (Å²) in [4.78, 5) is 16.1. The first kappa shape index (κ1) is 15.5. The standard InChI is InChI=1S/C14H12Cl2FN3O/c1-2-18-13-11(16)5-8(7-19-13)14(21)20-9-3-4-12(17)10(15)6-9/h3-7H,2H2,1H3,(H,18,19)(H,20,21). The average Bonchev–Trinajstić information content (AvgIpc) is 2.45. The summed E-state index contributed by atoms with van der Waals surface area (Å²) in [6.45, 7) is 2.59. The number of hydrogen-bond acceptors (Lipinski definition) is 3. The van der Waals surface area contributed by atoms with E-state index in [1.165, 1.54) is 30.5 Å².